The number of nitrogens with zero attached hydrogens (tertiary/aromatic N) is 2. The molecule has 1 saturated heterocycles. The van der Waals surface area contributed by atoms with Crippen molar-refractivity contribution >= 4 is 11.3 Å². The molecule has 0 amide bonds. The highest BCUT2D eigenvalue weighted by molar-refractivity contribution is 7.10. The lowest BCUT2D eigenvalue weighted by Crippen LogP contribution is -2.43. The second kappa shape index (κ2) is 8.34. The smallest absolute Gasteiger partial charge is 0.0964 e. The van der Waals surface area contributed by atoms with Gasteiger partial charge in [0.25, 0.3) is 0 Å². The zero-order chi connectivity index (χ0) is 21.5. The van der Waals surface area contributed by atoms with Crippen LogP contribution in [0.1, 0.15) is 75.4 Å². The average Bonchev–Trinajstić information content (AvgIpc) is 3.22. The molecule has 3 N–H and O–H groups in total. The molecule has 2 aliphatic rings. The molecule has 0 radical (unpaired) electrons. The second-order valence-electron chi connectivity index (χ2n) is 10.6. The normalized spacial score (nSPS) is 22.6. The molecule has 0 spiro atoms. The molecule has 2 heterocycles. The predicted octanol–water partition coefficient (Wildman–Crippen LogP) is 4.66. The van der Waals surface area contributed by atoms with Gasteiger partial charge in [-0.15, -0.1) is 11.3 Å². The minimum Gasteiger partial charge on any atom is -0.395 e. The number of nitrogens with two attached hydrogens (primary N) is 1. The van der Waals surface area contributed by atoms with Crippen molar-refractivity contribution in [3.63, 3.8) is 0 Å². The van der Waals surface area contributed by atoms with Gasteiger partial charge in [-0.2, -0.15) is 0 Å². The number of rotatable bonds is 5. The van der Waals surface area contributed by atoms with E-state index in [2.05, 4.69) is 56.2 Å². The summed E-state index contributed by atoms with van der Waals surface area (Å²) in [6, 6.07) is 6.91. The molecule has 1 aliphatic carbocycles. The van der Waals surface area contributed by atoms with Crippen molar-refractivity contribution in [1.82, 2.24) is 9.88 Å². The Bertz CT molecular complexity index is 880. The van der Waals surface area contributed by atoms with Crippen molar-refractivity contribution in [2.24, 2.45) is 5.73 Å². The van der Waals surface area contributed by atoms with Gasteiger partial charge in [-0.25, -0.2) is 4.98 Å². The number of aromatic nitrogens is 1. The van der Waals surface area contributed by atoms with Crippen LogP contribution in [0.25, 0.3) is 11.3 Å². The molecule has 1 aromatic heterocycles. The van der Waals surface area contributed by atoms with Gasteiger partial charge >= 0.3 is 0 Å². The number of hydrogen-bond acceptors (Lipinski definition) is 5. The van der Waals surface area contributed by atoms with Crippen LogP contribution in [0, 0.1) is 0 Å². The number of fused-ring (bicyclic) bond motifs is 1. The topological polar surface area (TPSA) is 62.4 Å². The first-order valence-corrected chi connectivity index (χ1v) is 12.3. The summed E-state index contributed by atoms with van der Waals surface area (Å²) in [7, 11) is 0. The molecule has 4 nitrogen and oxygen atoms in total. The Morgan fingerprint density at radius 3 is 2.47 bits per heavy atom. The third-order valence-corrected chi connectivity index (χ3v) is 8.34. The van der Waals surface area contributed by atoms with E-state index < -0.39 is 0 Å². The first-order valence-electron chi connectivity index (χ1n) is 11.4. The molecule has 4 rings (SSSR count). The Labute approximate surface area is 185 Å². The van der Waals surface area contributed by atoms with Crippen LogP contribution in [0.15, 0.2) is 23.6 Å². The van der Waals surface area contributed by atoms with E-state index in [0.29, 0.717) is 5.92 Å². The molecule has 1 fully saturated rings. The second-order valence-corrected chi connectivity index (χ2v) is 11.5. The van der Waals surface area contributed by atoms with E-state index >= 15 is 0 Å². The van der Waals surface area contributed by atoms with Crippen molar-refractivity contribution in [3.8, 4) is 11.3 Å². The third kappa shape index (κ3) is 4.36. The first kappa shape index (κ1) is 21.9. The van der Waals surface area contributed by atoms with Gasteiger partial charge < -0.3 is 15.7 Å². The van der Waals surface area contributed by atoms with E-state index in [1.165, 1.54) is 34.5 Å². The lowest BCUT2D eigenvalue weighted by molar-refractivity contribution is 0.171. The average molecular weight is 428 g/mol. The Hall–Kier alpha value is -1.27. The van der Waals surface area contributed by atoms with E-state index in [4.69, 9.17) is 10.7 Å². The fourth-order valence-corrected chi connectivity index (χ4v) is 6.11. The molecular weight excluding hydrogens is 390 g/mol. The summed E-state index contributed by atoms with van der Waals surface area (Å²) in [4.78, 5) is 7.45. The maximum Gasteiger partial charge on any atom is 0.0964 e. The van der Waals surface area contributed by atoms with Crippen LogP contribution in [0.4, 0.5) is 0 Å². The summed E-state index contributed by atoms with van der Waals surface area (Å²) in [5, 5.41) is 12.7. The van der Waals surface area contributed by atoms with Crippen LogP contribution in [0.2, 0.25) is 0 Å². The molecule has 1 atom stereocenters. The zero-order valence-electron chi connectivity index (χ0n) is 18.9. The van der Waals surface area contributed by atoms with Crippen molar-refractivity contribution in [2.75, 3.05) is 26.2 Å². The Balaban J connectivity index is 1.50. The van der Waals surface area contributed by atoms with Crippen molar-refractivity contribution in [2.45, 2.75) is 76.2 Å². The molecule has 0 unspecified atom stereocenters. The highest BCUT2D eigenvalue weighted by Gasteiger charge is 2.37. The third-order valence-electron chi connectivity index (χ3n) is 7.33. The highest BCUT2D eigenvalue weighted by Crippen LogP contribution is 2.47. The molecule has 5 heteroatoms. The SMILES string of the molecule is CC1(C)CCC(C)(C)c2cc(-c3csc(C4CCN(C[C@H](N)CO)CC4)n3)ccc21. The Morgan fingerprint density at radius 2 is 1.80 bits per heavy atom. The molecule has 1 aromatic carbocycles. The number of hydrogen-bond donors (Lipinski definition) is 2. The number of aliphatic hydroxyl groups is 1. The minimum absolute atomic E-state index is 0.0601. The van der Waals surface area contributed by atoms with Crippen LogP contribution in [0.3, 0.4) is 0 Å². The maximum atomic E-state index is 9.18. The summed E-state index contributed by atoms with van der Waals surface area (Å²) < 4.78 is 0. The summed E-state index contributed by atoms with van der Waals surface area (Å²) in [5.74, 6) is 0.540. The standard InChI is InChI=1S/C25H37N3OS/c1-24(2)9-10-25(3,4)21-13-18(5-6-20(21)24)22-16-30-23(27-22)17-7-11-28(12-8-17)14-19(26)15-29/h5-6,13,16-17,19,29H,7-12,14-15,26H2,1-4H3/t19-/m0/s1. The number of likely N-dealkylation sites (tertiary alicyclic amines) is 1. The number of aliphatic hydroxyl groups excluding tert-OH is 1. The molecule has 164 valence electrons. The molecule has 1 aliphatic heterocycles. The minimum atomic E-state index is -0.133. The number of benzene rings is 1. The lowest BCUT2D eigenvalue weighted by Gasteiger charge is -2.42. The van der Waals surface area contributed by atoms with Crippen molar-refractivity contribution < 1.29 is 5.11 Å². The van der Waals surface area contributed by atoms with Gasteiger partial charge in [0.1, 0.15) is 0 Å². The summed E-state index contributed by atoms with van der Waals surface area (Å²) in [5.41, 5.74) is 11.8. The molecule has 2 aromatic rings. The van der Waals surface area contributed by atoms with Gasteiger partial charge in [0.2, 0.25) is 0 Å². The molecule has 0 bridgehead atoms. The first-order chi connectivity index (χ1) is 14.2. The van der Waals surface area contributed by atoms with Crippen LogP contribution < -0.4 is 5.73 Å². The zero-order valence-corrected chi connectivity index (χ0v) is 19.8. The van der Waals surface area contributed by atoms with E-state index in [1.54, 1.807) is 0 Å². The summed E-state index contributed by atoms with van der Waals surface area (Å²) in [6.45, 7) is 12.4. The van der Waals surface area contributed by atoms with Crippen molar-refractivity contribution in [3.05, 3.63) is 39.7 Å². The quantitative estimate of drug-likeness (QED) is 0.729. The number of piperidine rings is 1. The van der Waals surface area contributed by atoms with E-state index in [9.17, 15) is 5.11 Å². The van der Waals surface area contributed by atoms with E-state index in [0.717, 1.165) is 38.2 Å². The van der Waals surface area contributed by atoms with Crippen molar-refractivity contribution in [1.29, 1.82) is 0 Å². The largest absolute Gasteiger partial charge is 0.395 e. The van der Waals surface area contributed by atoms with Gasteiger partial charge in [-0.3, -0.25) is 0 Å². The predicted molar refractivity (Wildman–Crippen MR) is 126 cm³/mol. The van der Waals surface area contributed by atoms with Crippen LogP contribution in [-0.4, -0.2) is 47.3 Å². The van der Waals surface area contributed by atoms with Gasteiger partial charge in [0.15, 0.2) is 0 Å². The van der Waals surface area contributed by atoms with Gasteiger partial charge in [-0.05, 0) is 66.8 Å². The van der Waals surface area contributed by atoms with E-state index in [-0.39, 0.29) is 23.5 Å². The van der Waals surface area contributed by atoms with Crippen LogP contribution in [-0.2, 0) is 10.8 Å². The highest BCUT2D eigenvalue weighted by atomic mass is 32.1. The van der Waals surface area contributed by atoms with Gasteiger partial charge in [-0.1, -0.05) is 39.8 Å². The van der Waals surface area contributed by atoms with E-state index in [1.807, 2.05) is 11.3 Å². The van der Waals surface area contributed by atoms with Crippen LogP contribution in [0.5, 0.6) is 0 Å². The fourth-order valence-electron chi connectivity index (χ4n) is 5.11. The van der Waals surface area contributed by atoms with Gasteiger partial charge in [0.05, 0.1) is 17.3 Å². The monoisotopic (exact) mass is 427 g/mol. The summed E-state index contributed by atoms with van der Waals surface area (Å²) >= 11 is 1.81. The number of thiazole rings is 1. The molecular formula is C25H37N3OS. The van der Waals surface area contributed by atoms with Gasteiger partial charge in [0, 0.05) is 29.4 Å². The maximum absolute atomic E-state index is 9.18. The molecule has 0 saturated carbocycles. The lowest BCUT2D eigenvalue weighted by atomic mass is 9.63. The van der Waals surface area contributed by atoms with Crippen LogP contribution >= 0.6 is 11.3 Å². The Kier molecular flexibility index (Phi) is 6.10. The molecule has 30 heavy (non-hydrogen) atoms. The Morgan fingerprint density at radius 1 is 1.13 bits per heavy atom. The fraction of sp³-hybridized carbons (Fsp3) is 0.640. The summed E-state index contributed by atoms with van der Waals surface area (Å²) in [6.07, 6.45) is 4.72.